The van der Waals surface area contributed by atoms with Gasteiger partial charge in [0.25, 0.3) is 0 Å². The Morgan fingerprint density at radius 1 is 0.621 bits per heavy atom. The van der Waals surface area contributed by atoms with Crippen molar-refractivity contribution in [3.05, 3.63) is 47.9 Å². The summed E-state index contributed by atoms with van der Waals surface area (Å²) in [5, 5.41) is 0. The van der Waals surface area contributed by atoms with Gasteiger partial charge >= 0.3 is 12.7 Å². The molecule has 0 amide bonds. The van der Waals surface area contributed by atoms with Crippen LogP contribution in [0, 0.1) is 6.42 Å². The van der Waals surface area contributed by atoms with Crippen molar-refractivity contribution < 1.29 is 50.0 Å². The van der Waals surface area contributed by atoms with Crippen LogP contribution in [0.4, 0.5) is 26.3 Å². The van der Waals surface area contributed by atoms with Crippen LogP contribution in [0.15, 0.2) is 30.3 Å². The standard InChI is InChI=1S/C18H15F6O5/c1-25-11-8-15(26-2)14(16(9-11)27-3)6-10-4-12(28-17(19,20)21)7-13(5-10)29-18(22,23)24/h4-9H,1-3H3. The summed E-state index contributed by atoms with van der Waals surface area (Å²) < 4.78 is 98.2. The predicted molar refractivity (Wildman–Crippen MR) is 88.4 cm³/mol. The molecule has 0 aromatic heterocycles. The molecule has 0 atom stereocenters. The predicted octanol–water partition coefficient (Wildman–Crippen LogP) is 5.11. The number of rotatable bonds is 7. The smallest absolute Gasteiger partial charge is 0.496 e. The first kappa shape index (κ1) is 22.3. The molecule has 2 rings (SSSR count). The molecule has 0 heterocycles. The highest BCUT2D eigenvalue weighted by molar-refractivity contribution is 5.58. The molecule has 5 nitrogen and oxygen atoms in total. The highest BCUT2D eigenvalue weighted by Crippen LogP contribution is 2.39. The fourth-order valence-corrected chi connectivity index (χ4v) is 2.40. The van der Waals surface area contributed by atoms with Crippen molar-refractivity contribution >= 4 is 0 Å². The maximum atomic E-state index is 12.5. The number of alkyl halides is 6. The van der Waals surface area contributed by atoms with E-state index in [2.05, 4.69) is 9.47 Å². The Morgan fingerprint density at radius 2 is 1.07 bits per heavy atom. The molecular formula is C18H15F6O5. The second-order valence-corrected chi connectivity index (χ2v) is 5.42. The zero-order chi connectivity index (χ0) is 21.8. The monoisotopic (exact) mass is 425 g/mol. The van der Waals surface area contributed by atoms with Crippen LogP contribution in [0.5, 0.6) is 28.7 Å². The molecule has 0 unspecified atom stereocenters. The average molecular weight is 425 g/mol. The van der Waals surface area contributed by atoms with Gasteiger partial charge in [-0.15, -0.1) is 26.3 Å². The first-order valence-corrected chi connectivity index (χ1v) is 7.75. The molecule has 29 heavy (non-hydrogen) atoms. The zero-order valence-electron chi connectivity index (χ0n) is 15.3. The number of hydrogen-bond acceptors (Lipinski definition) is 5. The molecule has 0 bridgehead atoms. The number of benzene rings is 2. The molecule has 0 aliphatic heterocycles. The van der Waals surface area contributed by atoms with Crippen LogP contribution < -0.4 is 23.7 Å². The fourth-order valence-electron chi connectivity index (χ4n) is 2.40. The van der Waals surface area contributed by atoms with Crippen LogP contribution in [0.25, 0.3) is 0 Å². The van der Waals surface area contributed by atoms with E-state index >= 15 is 0 Å². The normalized spacial score (nSPS) is 11.8. The summed E-state index contributed by atoms with van der Waals surface area (Å²) in [6.45, 7) is 0. The summed E-state index contributed by atoms with van der Waals surface area (Å²) in [6.07, 6.45) is -8.96. The minimum atomic E-state index is -5.11. The van der Waals surface area contributed by atoms with E-state index in [-0.39, 0.29) is 22.6 Å². The minimum Gasteiger partial charge on any atom is -0.496 e. The van der Waals surface area contributed by atoms with Crippen molar-refractivity contribution in [2.45, 2.75) is 12.7 Å². The number of ether oxygens (including phenoxy) is 5. The van der Waals surface area contributed by atoms with Gasteiger partial charge in [0.2, 0.25) is 0 Å². The third-order valence-corrected chi connectivity index (χ3v) is 3.43. The van der Waals surface area contributed by atoms with Gasteiger partial charge in [0.05, 0.1) is 21.3 Å². The highest BCUT2D eigenvalue weighted by Gasteiger charge is 2.34. The Morgan fingerprint density at radius 3 is 1.41 bits per heavy atom. The lowest BCUT2D eigenvalue weighted by molar-refractivity contribution is -0.276. The average Bonchev–Trinajstić information content (AvgIpc) is 2.58. The zero-order valence-corrected chi connectivity index (χ0v) is 15.3. The molecule has 0 aliphatic carbocycles. The number of methoxy groups -OCH3 is 3. The Labute approximate surface area is 161 Å². The minimum absolute atomic E-state index is 0.0900. The van der Waals surface area contributed by atoms with Gasteiger partial charge in [-0.2, -0.15) is 0 Å². The van der Waals surface area contributed by atoms with Crippen LogP contribution in [-0.4, -0.2) is 34.1 Å². The molecule has 2 aromatic rings. The van der Waals surface area contributed by atoms with Crippen molar-refractivity contribution in [3.8, 4) is 28.7 Å². The van der Waals surface area contributed by atoms with E-state index in [1.165, 1.54) is 39.9 Å². The van der Waals surface area contributed by atoms with Gasteiger partial charge < -0.3 is 23.7 Å². The van der Waals surface area contributed by atoms with E-state index in [0.29, 0.717) is 11.8 Å². The maximum absolute atomic E-state index is 12.5. The van der Waals surface area contributed by atoms with E-state index in [1.54, 1.807) is 0 Å². The molecule has 159 valence electrons. The van der Waals surface area contributed by atoms with E-state index in [0.717, 1.165) is 12.1 Å². The van der Waals surface area contributed by atoms with Gasteiger partial charge in [-0.25, -0.2) is 0 Å². The van der Waals surface area contributed by atoms with Crippen LogP contribution in [0.2, 0.25) is 0 Å². The quantitative estimate of drug-likeness (QED) is 0.577. The van der Waals surface area contributed by atoms with Crippen molar-refractivity contribution in [1.82, 2.24) is 0 Å². The number of hydrogen-bond donors (Lipinski definition) is 0. The molecule has 0 N–H and O–H groups in total. The fraction of sp³-hybridized carbons (Fsp3) is 0.278. The Hall–Kier alpha value is -2.98. The largest absolute Gasteiger partial charge is 0.573 e. The molecule has 11 heteroatoms. The van der Waals surface area contributed by atoms with E-state index in [9.17, 15) is 26.3 Å². The summed E-state index contributed by atoms with van der Waals surface area (Å²) >= 11 is 0. The van der Waals surface area contributed by atoms with Gasteiger partial charge in [-0.1, -0.05) is 0 Å². The Balaban J connectivity index is 2.51. The van der Waals surface area contributed by atoms with Crippen molar-refractivity contribution in [3.63, 3.8) is 0 Å². The van der Waals surface area contributed by atoms with Gasteiger partial charge in [-0.05, 0) is 17.7 Å². The highest BCUT2D eigenvalue weighted by atomic mass is 19.4. The topological polar surface area (TPSA) is 46.2 Å². The SMILES string of the molecule is COc1cc(OC)c([CH]c2cc(OC(F)(F)F)cc(OC(F)(F)F)c2)c(OC)c1. The van der Waals surface area contributed by atoms with Crippen molar-refractivity contribution in [2.75, 3.05) is 21.3 Å². The second-order valence-electron chi connectivity index (χ2n) is 5.42. The molecule has 1 radical (unpaired) electrons. The van der Waals surface area contributed by atoms with Crippen molar-refractivity contribution in [2.24, 2.45) is 0 Å². The first-order chi connectivity index (χ1) is 13.4. The van der Waals surface area contributed by atoms with Crippen LogP contribution in [-0.2, 0) is 0 Å². The van der Waals surface area contributed by atoms with Gasteiger partial charge in [0, 0.05) is 30.2 Å². The third-order valence-electron chi connectivity index (χ3n) is 3.43. The maximum Gasteiger partial charge on any atom is 0.573 e. The summed E-state index contributed by atoms with van der Waals surface area (Å²) in [6, 6.07) is 5.19. The summed E-state index contributed by atoms with van der Waals surface area (Å²) in [5.41, 5.74) is 0.158. The van der Waals surface area contributed by atoms with E-state index in [4.69, 9.17) is 14.2 Å². The lowest BCUT2D eigenvalue weighted by atomic mass is 10.0. The lowest BCUT2D eigenvalue weighted by Gasteiger charge is -2.17. The number of halogens is 6. The molecule has 0 spiro atoms. The first-order valence-electron chi connectivity index (χ1n) is 7.75. The van der Waals surface area contributed by atoms with Crippen LogP contribution >= 0.6 is 0 Å². The summed E-state index contributed by atoms with van der Waals surface area (Å²) in [7, 11) is 4.05. The van der Waals surface area contributed by atoms with Gasteiger partial charge in [-0.3, -0.25) is 0 Å². The molecule has 0 saturated carbocycles. The molecule has 0 aliphatic rings. The van der Waals surface area contributed by atoms with Gasteiger partial charge in [0.15, 0.2) is 0 Å². The second kappa shape index (κ2) is 8.58. The lowest BCUT2D eigenvalue weighted by Crippen LogP contribution is -2.19. The van der Waals surface area contributed by atoms with Gasteiger partial charge in [0.1, 0.15) is 28.7 Å². The molecule has 2 aromatic carbocycles. The third kappa shape index (κ3) is 6.54. The summed E-state index contributed by atoms with van der Waals surface area (Å²) in [5.74, 6) is -0.997. The van der Waals surface area contributed by atoms with Crippen LogP contribution in [0.1, 0.15) is 11.1 Å². The summed E-state index contributed by atoms with van der Waals surface area (Å²) in [4.78, 5) is 0. The van der Waals surface area contributed by atoms with E-state index in [1.807, 2.05) is 0 Å². The van der Waals surface area contributed by atoms with Crippen molar-refractivity contribution in [1.29, 1.82) is 0 Å². The molecular weight excluding hydrogens is 410 g/mol. The Kier molecular flexibility index (Phi) is 6.60. The van der Waals surface area contributed by atoms with E-state index < -0.39 is 24.2 Å². The van der Waals surface area contributed by atoms with Crippen LogP contribution in [0.3, 0.4) is 0 Å². The molecule has 0 saturated heterocycles. The molecule has 0 fully saturated rings. The Bertz CT molecular complexity index is 788.